The van der Waals surface area contributed by atoms with E-state index in [9.17, 15) is 49.1 Å². The number of nitrogens with zero attached hydrogens (tertiary/aromatic N) is 1. The maximum absolute atomic E-state index is 13.4. The number of ether oxygens (including phenoxy) is 2. The number of carbonyl (C=O) groups is 6. The van der Waals surface area contributed by atoms with Crippen LogP contribution < -0.4 is 26.6 Å². The van der Waals surface area contributed by atoms with Crippen molar-refractivity contribution in [2.24, 2.45) is 0 Å². The van der Waals surface area contributed by atoms with Crippen molar-refractivity contribution in [3.63, 3.8) is 0 Å². The Balaban J connectivity index is 2.50. The standard InChI is InChI=1S/C54H94N6O12/c1-3-5-7-9-11-13-15-17-19-21-23-25-27-29-35-55-51(64)42-45(53(66)56-36-30-28-26-24-22-20-18-16-14-12-10-8-6-4-2)58-52(65)43-46(54(67)68)59-50(63)34-38-72-40-39-71-37-33-49(62)57-44-31-32-48(61)47(41-44)60(69)70/h31-32,41,45-46,61H,3-30,33-40,42-43H2,1-2H3,(H,55,64)(H,56,66)(H,57,62)(H,58,65)(H,59,63)(H,67,68). The molecule has 0 fully saturated rings. The SMILES string of the molecule is CCCCCCCCCCCCCCCCNC(=O)CC(NC(=O)CC(NC(=O)CCOCCOCCC(=O)Nc1ccc(O)c([N+](=O)[O-])c1)C(=O)O)C(=O)NCCCCCCCCCCCCCCCC. The maximum atomic E-state index is 13.4. The summed E-state index contributed by atoms with van der Waals surface area (Å²) in [7, 11) is 0. The number of unbranched alkanes of at least 4 members (excludes halogenated alkanes) is 26. The van der Waals surface area contributed by atoms with E-state index < -0.39 is 70.4 Å². The first-order valence-corrected chi connectivity index (χ1v) is 27.7. The molecule has 412 valence electrons. The molecule has 2 atom stereocenters. The zero-order chi connectivity index (χ0) is 52.9. The first-order valence-electron chi connectivity index (χ1n) is 27.7. The van der Waals surface area contributed by atoms with Gasteiger partial charge in [0.25, 0.3) is 0 Å². The van der Waals surface area contributed by atoms with Crippen LogP contribution in [0.25, 0.3) is 0 Å². The molecule has 72 heavy (non-hydrogen) atoms. The predicted molar refractivity (Wildman–Crippen MR) is 282 cm³/mol. The Morgan fingerprint density at radius 3 is 1.38 bits per heavy atom. The molecule has 0 saturated carbocycles. The van der Waals surface area contributed by atoms with E-state index in [2.05, 4.69) is 40.4 Å². The molecule has 7 N–H and O–H groups in total. The van der Waals surface area contributed by atoms with Gasteiger partial charge in [0.1, 0.15) is 12.1 Å². The van der Waals surface area contributed by atoms with Crippen LogP contribution >= 0.6 is 0 Å². The lowest BCUT2D eigenvalue weighted by Crippen LogP contribution is -2.51. The summed E-state index contributed by atoms with van der Waals surface area (Å²) in [6, 6.07) is 0.619. The third kappa shape index (κ3) is 37.0. The second kappa shape index (κ2) is 44.8. The van der Waals surface area contributed by atoms with E-state index in [-0.39, 0.29) is 51.4 Å². The van der Waals surface area contributed by atoms with Gasteiger partial charge >= 0.3 is 11.7 Å². The van der Waals surface area contributed by atoms with E-state index in [1.54, 1.807) is 0 Å². The van der Waals surface area contributed by atoms with Crippen molar-refractivity contribution < 1.29 is 53.4 Å². The fraction of sp³-hybridized carbons (Fsp3) is 0.778. The lowest BCUT2D eigenvalue weighted by atomic mass is 10.0. The van der Waals surface area contributed by atoms with Crippen molar-refractivity contribution in [3.8, 4) is 5.75 Å². The van der Waals surface area contributed by atoms with Gasteiger partial charge in [0, 0.05) is 31.3 Å². The van der Waals surface area contributed by atoms with Crippen LogP contribution in [0.5, 0.6) is 5.75 Å². The second-order valence-electron chi connectivity index (χ2n) is 19.1. The zero-order valence-electron chi connectivity index (χ0n) is 44.2. The Morgan fingerprint density at radius 2 is 0.931 bits per heavy atom. The average Bonchev–Trinajstić information content (AvgIpc) is 3.34. The van der Waals surface area contributed by atoms with Gasteiger partial charge in [-0.25, -0.2) is 4.79 Å². The zero-order valence-corrected chi connectivity index (χ0v) is 44.2. The van der Waals surface area contributed by atoms with E-state index in [1.165, 1.54) is 134 Å². The van der Waals surface area contributed by atoms with E-state index in [1.807, 2.05) is 0 Å². The van der Waals surface area contributed by atoms with Crippen LogP contribution in [-0.4, -0.2) is 102 Å². The Hall–Kier alpha value is -4.84. The minimum absolute atomic E-state index is 0.00441. The number of aliphatic carboxylic acids is 1. The van der Waals surface area contributed by atoms with Crippen LogP contribution in [0.1, 0.15) is 219 Å². The smallest absolute Gasteiger partial charge is 0.326 e. The molecule has 1 aromatic carbocycles. The highest BCUT2D eigenvalue weighted by Crippen LogP contribution is 2.28. The maximum Gasteiger partial charge on any atom is 0.326 e. The van der Waals surface area contributed by atoms with Crippen LogP contribution in [0.2, 0.25) is 0 Å². The van der Waals surface area contributed by atoms with E-state index in [0.717, 1.165) is 63.5 Å². The van der Waals surface area contributed by atoms with Crippen molar-refractivity contribution in [1.29, 1.82) is 0 Å². The van der Waals surface area contributed by atoms with Gasteiger partial charge in [-0.2, -0.15) is 0 Å². The summed E-state index contributed by atoms with van der Waals surface area (Å²) in [6.07, 6.45) is 32.6. The lowest BCUT2D eigenvalue weighted by Gasteiger charge is -2.20. The number of hydrogen-bond donors (Lipinski definition) is 7. The molecular weight excluding hydrogens is 925 g/mol. The van der Waals surface area contributed by atoms with Gasteiger partial charge in [-0.1, -0.05) is 181 Å². The summed E-state index contributed by atoms with van der Waals surface area (Å²) in [5.74, 6) is -4.89. The van der Waals surface area contributed by atoms with E-state index in [0.29, 0.717) is 13.1 Å². The molecule has 2 unspecified atom stereocenters. The number of anilines is 1. The summed E-state index contributed by atoms with van der Waals surface area (Å²) in [5.41, 5.74) is -0.407. The molecule has 0 radical (unpaired) electrons. The number of nitrogens with one attached hydrogen (secondary N) is 5. The van der Waals surface area contributed by atoms with Crippen LogP contribution in [0.3, 0.4) is 0 Å². The quantitative estimate of drug-likeness (QED) is 0.0139. The van der Waals surface area contributed by atoms with Crippen LogP contribution in [-0.2, 0) is 38.2 Å². The summed E-state index contributed by atoms with van der Waals surface area (Å²) in [6.45, 7) is 5.34. The molecule has 1 aromatic rings. The fourth-order valence-corrected chi connectivity index (χ4v) is 8.20. The number of carboxylic acids is 1. The largest absolute Gasteiger partial charge is 0.502 e. The molecule has 1 rings (SSSR count). The van der Waals surface area contributed by atoms with E-state index in [4.69, 9.17) is 9.47 Å². The van der Waals surface area contributed by atoms with Crippen molar-refractivity contribution in [3.05, 3.63) is 28.3 Å². The van der Waals surface area contributed by atoms with Gasteiger partial charge in [0.15, 0.2) is 5.75 Å². The molecule has 18 nitrogen and oxygen atoms in total. The number of nitro groups is 1. The molecule has 0 bridgehead atoms. The lowest BCUT2D eigenvalue weighted by molar-refractivity contribution is -0.385. The number of nitro benzene ring substituents is 1. The van der Waals surface area contributed by atoms with Crippen molar-refractivity contribution >= 4 is 46.9 Å². The molecule has 18 heteroatoms. The van der Waals surface area contributed by atoms with Gasteiger partial charge in [0.2, 0.25) is 29.5 Å². The molecule has 0 aliphatic rings. The number of carboxylic acid groups (broad SMARTS) is 1. The summed E-state index contributed by atoms with van der Waals surface area (Å²) in [4.78, 5) is 86.7. The van der Waals surface area contributed by atoms with Gasteiger partial charge in [-0.05, 0) is 25.0 Å². The topological polar surface area (TPSA) is 265 Å². The molecule has 0 aromatic heterocycles. The number of benzene rings is 1. The molecule has 0 saturated heterocycles. The van der Waals surface area contributed by atoms with Crippen molar-refractivity contribution in [2.75, 3.05) is 44.8 Å². The number of phenols is 1. The minimum Gasteiger partial charge on any atom is -0.502 e. The minimum atomic E-state index is -1.60. The van der Waals surface area contributed by atoms with Gasteiger partial charge in [0.05, 0.1) is 50.6 Å². The Kier molecular flexibility index (Phi) is 40.6. The highest BCUT2D eigenvalue weighted by atomic mass is 16.6. The Bertz CT molecular complexity index is 1650. The summed E-state index contributed by atoms with van der Waals surface area (Å²) < 4.78 is 10.7. The highest BCUT2D eigenvalue weighted by molar-refractivity contribution is 5.94. The monoisotopic (exact) mass is 1020 g/mol. The van der Waals surface area contributed by atoms with Crippen molar-refractivity contribution in [2.45, 2.75) is 231 Å². The third-order valence-corrected chi connectivity index (χ3v) is 12.5. The number of hydrogen-bond acceptors (Lipinski definition) is 11. The molecule has 0 aliphatic heterocycles. The first kappa shape index (κ1) is 65.2. The number of phenolic OH excluding ortho intramolecular Hbond substituents is 1. The van der Waals surface area contributed by atoms with Gasteiger partial charge in [-0.3, -0.25) is 34.1 Å². The summed E-state index contributed by atoms with van der Waals surface area (Å²) in [5, 5.41) is 43.4. The average molecular weight is 1020 g/mol. The predicted octanol–water partition coefficient (Wildman–Crippen LogP) is 10.1. The fourth-order valence-electron chi connectivity index (χ4n) is 8.20. The van der Waals surface area contributed by atoms with Crippen LogP contribution in [0.4, 0.5) is 11.4 Å². The van der Waals surface area contributed by atoms with Crippen molar-refractivity contribution in [1.82, 2.24) is 21.3 Å². The second-order valence-corrected chi connectivity index (χ2v) is 19.1. The van der Waals surface area contributed by atoms with Gasteiger partial charge in [-0.15, -0.1) is 0 Å². The number of amides is 5. The van der Waals surface area contributed by atoms with Crippen LogP contribution in [0.15, 0.2) is 18.2 Å². The molecule has 0 aliphatic carbocycles. The molecular formula is C54H94N6O12. The third-order valence-electron chi connectivity index (χ3n) is 12.5. The number of rotatable bonds is 49. The Morgan fingerprint density at radius 1 is 0.528 bits per heavy atom. The Labute approximate surface area is 430 Å². The van der Waals surface area contributed by atoms with Crippen LogP contribution in [0, 0.1) is 10.1 Å². The highest BCUT2D eigenvalue weighted by Gasteiger charge is 2.28. The normalized spacial score (nSPS) is 11.9. The van der Waals surface area contributed by atoms with E-state index >= 15 is 0 Å². The number of aromatic hydroxyl groups is 1. The van der Waals surface area contributed by atoms with Gasteiger partial charge < -0.3 is 46.3 Å². The number of carbonyl (C=O) groups excluding carboxylic acids is 5. The molecule has 5 amide bonds. The molecule has 0 spiro atoms. The molecule has 0 heterocycles. The summed E-state index contributed by atoms with van der Waals surface area (Å²) >= 11 is 0. The first-order chi connectivity index (χ1) is 34.9.